The van der Waals surface area contributed by atoms with Crippen LogP contribution in [-0.4, -0.2) is 29.9 Å². The summed E-state index contributed by atoms with van der Waals surface area (Å²) in [6.07, 6.45) is 0.999. The molecule has 0 radical (unpaired) electrons. The van der Waals surface area contributed by atoms with E-state index in [0.717, 1.165) is 28.6 Å². The first kappa shape index (κ1) is 13.6. The third-order valence-corrected chi connectivity index (χ3v) is 4.45. The Morgan fingerprint density at radius 3 is 2.83 bits per heavy atom. The van der Waals surface area contributed by atoms with Crippen LogP contribution in [0.2, 0.25) is 0 Å². The Bertz CT molecular complexity index is 451. The molecule has 18 heavy (non-hydrogen) atoms. The van der Waals surface area contributed by atoms with Crippen LogP contribution in [0.15, 0.2) is 22.7 Å². The third-order valence-electron chi connectivity index (χ3n) is 3.40. The summed E-state index contributed by atoms with van der Waals surface area (Å²) in [7, 11) is 0. The summed E-state index contributed by atoms with van der Waals surface area (Å²) in [5.41, 5.74) is 7.81. The van der Waals surface area contributed by atoms with Crippen LogP contribution < -0.4 is 5.73 Å². The summed E-state index contributed by atoms with van der Waals surface area (Å²) in [5, 5.41) is 0. The zero-order valence-electron chi connectivity index (χ0n) is 10.8. The standard InChI is InChI=1S/C14H19BrN2O/c1-9-6-11(16)8-17(7-9)14(18)12-5-3-4-10(2)13(12)15/h3-5,9,11H,6-8,16H2,1-2H3. The number of hydrogen-bond acceptors (Lipinski definition) is 2. The molecule has 1 aromatic carbocycles. The Balaban J connectivity index is 2.23. The molecule has 0 aromatic heterocycles. The monoisotopic (exact) mass is 310 g/mol. The largest absolute Gasteiger partial charge is 0.337 e. The van der Waals surface area contributed by atoms with Gasteiger partial charge in [-0.2, -0.15) is 0 Å². The first-order valence-electron chi connectivity index (χ1n) is 6.29. The first-order valence-corrected chi connectivity index (χ1v) is 7.08. The van der Waals surface area contributed by atoms with Gasteiger partial charge in [0.2, 0.25) is 0 Å². The number of hydrogen-bond donors (Lipinski definition) is 1. The quantitative estimate of drug-likeness (QED) is 0.866. The maximum Gasteiger partial charge on any atom is 0.255 e. The second kappa shape index (κ2) is 5.41. The van der Waals surface area contributed by atoms with E-state index in [0.29, 0.717) is 12.5 Å². The van der Waals surface area contributed by atoms with Gasteiger partial charge in [-0.25, -0.2) is 0 Å². The van der Waals surface area contributed by atoms with E-state index in [4.69, 9.17) is 5.73 Å². The average molecular weight is 311 g/mol. The van der Waals surface area contributed by atoms with Crippen molar-refractivity contribution in [1.29, 1.82) is 0 Å². The van der Waals surface area contributed by atoms with Crippen LogP contribution in [-0.2, 0) is 0 Å². The van der Waals surface area contributed by atoms with Gasteiger partial charge in [-0.15, -0.1) is 0 Å². The predicted octanol–water partition coefficient (Wildman–Crippen LogP) is 2.57. The molecule has 0 saturated carbocycles. The molecule has 4 heteroatoms. The van der Waals surface area contributed by atoms with Crippen molar-refractivity contribution in [2.45, 2.75) is 26.3 Å². The molecule has 0 aliphatic carbocycles. The van der Waals surface area contributed by atoms with Crippen molar-refractivity contribution in [3.8, 4) is 0 Å². The van der Waals surface area contributed by atoms with Crippen LogP contribution in [0.5, 0.6) is 0 Å². The highest BCUT2D eigenvalue weighted by atomic mass is 79.9. The number of benzene rings is 1. The topological polar surface area (TPSA) is 46.3 Å². The summed E-state index contributed by atoms with van der Waals surface area (Å²) < 4.78 is 0.891. The fraction of sp³-hybridized carbons (Fsp3) is 0.500. The lowest BCUT2D eigenvalue weighted by molar-refractivity contribution is 0.0660. The molecule has 2 N–H and O–H groups in total. The molecule has 3 nitrogen and oxygen atoms in total. The SMILES string of the molecule is Cc1cccc(C(=O)N2CC(C)CC(N)C2)c1Br. The zero-order valence-corrected chi connectivity index (χ0v) is 12.4. The van der Waals surface area contributed by atoms with Gasteiger partial charge in [0.05, 0.1) is 5.56 Å². The Hall–Kier alpha value is -0.870. The molecule has 2 unspecified atom stereocenters. The Kier molecular flexibility index (Phi) is 4.07. The van der Waals surface area contributed by atoms with E-state index in [1.54, 1.807) is 0 Å². The van der Waals surface area contributed by atoms with Gasteiger partial charge in [-0.3, -0.25) is 4.79 Å². The van der Waals surface area contributed by atoms with Crippen LogP contribution in [0.3, 0.4) is 0 Å². The minimum Gasteiger partial charge on any atom is -0.337 e. The average Bonchev–Trinajstić information content (AvgIpc) is 2.30. The van der Waals surface area contributed by atoms with E-state index >= 15 is 0 Å². The Morgan fingerprint density at radius 2 is 2.17 bits per heavy atom. The molecule has 98 valence electrons. The maximum absolute atomic E-state index is 12.5. The number of carbonyl (C=O) groups excluding carboxylic acids is 1. The van der Waals surface area contributed by atoms with Crippen LogP contribution in [0.25, 0.3) is 0 Å². The fourth-order valence-corrected chi connectivity index (χ4v) is 2.98. The van der Waals surface area contributed by atoms with Crippen LogP contribution in [0.1, 0.15) is 29.3 Å². The smallest absolute Gasteiger partial charge is 0.255 e. The molecule has 1 saturated heterocycles. The summed E-state index contributed by atoms with van der Waals surface area (Å²) >= 11 is 3.50. The summed E-state index contributed by atoms with van der Waals surface area (Å²) in [4.78, 5) is 14.4. The van der Waals surface area contributed by atoms with Crippen molar-refractivity contribution < 1.29 is 4.79 Å². The number of amides is 1. The molecule has 1 heterocycles. The number of nitrogens with two attached hydrogens (primary N) is 1. The highest BCUT2D eigenvalue weighted by Crippen LogP contribution is 2.24. The van der Waals surface area contributed by atoms with Crippen LogP contribution >= 0.6 is 15.9 Å². The Labute approximate surface area is 116 Å². The minimum absolute atomic E-state index is 0.0765. The highest BCUT2D eigenvalue weighted by Gasteiger charge is 2.27. The molecule has 2 rings (SSSR count). The lowest BCUT2D eigenvalue weighted by Gasteiger charge is -2.35. The van der Waals surface area contributed by atoms with Crippen molar-refractivity contribution in [3.05, 3.63) is 33.8 Å². The van der Waals surface area contributed by atoms with Crippen LogP contribution in [0, 0.1) is 12.8 Å². The lowest BCUT2D eigenvalue weighted by Crippen LogP contribution is -2.48. The molecule has 1 aromatic rings. The molecule has 1 aliphatic heterocycles. The van der Waals surface area contributed by atoms with Gasteiger partial charge in [0.15, 0.2) is 0 Å². The fourth-order valence-electron chi connectivity index (χ4n) is 2.55. The molecular formula is C14H19BrN2O. The van der Waals surface area contributed by atoms with Gasteiger partial charge >= 0.3 is 0 Å². The van der Waals surface area contributed by atoms with Gasteiger partial charge in [0, 0.05) is 23.6 Å². The first-order chi connectivity index (χ1) is 8.49. The summed E-state index contributed by atoms with van der Waals surface area (Å²) in [6, 6.07) is 5.87. The normalized spacial score (nSPS) is 24.1. The maximum atomic E-state index is 12.5. The summed E-state index contributed by atoms with van der Waals surface area (Å²) in [5.74, 6) is 0.550. The van der Waals surface area contributed by atoms with Crippen molar-refractivity contribution in [3.63, 3.8) is 0 Å². The molecule has 0 bridgehead atoms. The number of carbonyl (C=O) groups is 1. The van der Waals surface area contributed by atoms with Gasteiger partial charge in [-0.1, -0.05) is 19.1 Å². The van der Waals surface area contributed by atoms with E-state index in [1.165, 1.54) is 0 Å². The van der Waals surface area contributed by atoms with E-state index in [1.807, 2.05) is 30.0 Å². The number of rotatable bonds is 1. The second-order valence-corrected chi connectivity index (χ2v) is 6.04. The van der Waals surface area contributed by atoms with E-state index in [2.05, 4.69) is 22.9 Å². The van der Waals surface area contributed by atoms with E-state index in [-0.39, 0.29) is 11.9 Å². The predicted molar refractivity (Wildman–Crippen MR) is 76.5 cm³/mol. The minimum atomic E-state index is 0.0765. The van der Waals surface area contributed by atoms with Crippen molar-refractivity contribution in [2.24, 2.45) is 11.7 Å². The molecule has 1 fully saturated rings. The van der Waals surface area contributed by atoms with Gasteiger partial charge in [-0.05, 0) is 46.8 Å². The third kappa shape index (κ3) is 2.75. The van der Waals surface area contributed by atoms with E-state index < -0.39 is 0 Å². The molecular weight excluding hydrogens is 292 g/mol. The molecule has 1 aliphatic rings. The van der Waals surface area contributed by atoms with Gasteiger partial charge < -0.3 is 10.6 Å². The van der Waals surface area contributed by atoms with Crippen LogP contribution in [0.4, 0.5) is 0 Å². The second-order valence-electron chi connectivity index (χ2n) is 5.25. The zero-order chi connectivity index (χ0) is 13.3. The van der Waals surface area contributed by atoms with Crippen molar-refractivity contribution in [1.82, 2.24) is 4.90 Å². The number of likely N-dealkylation sites (tertiary alicyclic amines) is 1. The summed E-state index contributed by atoms with van der Waals surface area (Å²) in [6.45, 7) is 5.59. The Morgan fingerprint density at radius 1 is 1.44 bits per heavy atom. The lowest BCUT2D eigenvalue weighted by atomic mass is 9.96. The number of aryl methyl sites for hydroxylation is 1. The molecule has 1 amide bonds. The van der Waals surface area contributed by atoms with E-state index in [9.17, 15) is 4.79 Å². The van der Waals surface area contributed by atoms with Crippen molar-refractivity contribution >= 4 is 21.8 Å². The number of piperidine rings is 1. The molecule has 0 spiro atoms. The number of halogens is 1. The van der Waals surface area contributed by atoms with Gasteiger partial charge in [0.1, 0.15) is 0 Å². The van der Waals surface area contributed by atoms with Crippen molar-refractivity contribution in [2.75, 3.05) is 13.1 Å². The highest BCUT2D eigenvalue weighted by molar-refractivity contribution is 9.10. The molecule has 2 atom stereocenters. The number of nitrogens with zero attached hydrogens (tertiary/aromatic N) is 1. The van der Waals surface area contributed by atoms with Gasteiger partial charge in [0.25, 0.3) is 5.91 Å².